The molecule has 0 spiro atoms. The second-order valence-corrected chi connectivity index (χ2v) is 4.43. The van der Waals surface area contributed by atoms with Crippen molar-refractivity contribution in [1.29, 1.82) is 0 Å². The average molecular weight is 292 g/mol. The summed E-state index contributed by atoms with van der Waals surface area (Å²) in [7, 11) is 1.53. The van der Waals surface area contributed by atoms with Crippen LogP contribution >= 0.6 is 11.6 Å². The van der Waals surface area contributed by atoms with Gasteiger partial charge in [0.1, 0.15) is 22.9 Å². The number of aromatic nitrogens is 3. The highest BCUT2D eigenvalue weighted by Crippen LogP contribution is 2.26. The molecule has 6 heteroatoms. The normalized spacial score (nSPS) is 10.9. The summed E-state index contributed by atoms with van der Waals surface area (Å²) in [6.07, 6.45) is 1.64. The minimum Gasteiger partial charge on any atom is -0.497 e. The van der Waals surface area contributed by atoms with Crippen molar-refractivity contribution in [1.82, 2.24) is 14.5 Å². The molecule has 3 aromatic rings. The Hall–Kier alpha value is -2.14. The van der Waals surface area contributed by atoms with Crippen molar-refractivity contribution in [3.63, 3.8) is 0 Å². The Bertz CT molecular complexity index is 772. The Labute approximate surface area is 119 Å². The monoisotopic (exact) mass is 291 g/mol. The van der Waals surface area contributed by atoms with Gasteiger partial charge >= 0.3 is 0 Å². The summed E-state index contributed by atoms with van der Waals surface area (Å²) in [6, 6.07) is 8.10. The van der Waals surface area contributed by atoms with Crippen molar-refractivity contribution in [3.05, 3.63) is 48.2 Å². The van der Waals surface area contributed by atoms with E-state index in [1.54, 1.807) is 29.0 Å². The van der Waals surface area contributed by atoms with Crippen molar-refractivity contribution in [2.75, 3.05) is 7.11 Å². The first-order valence-corrected chi connectivity index (χ1v) is 6.50. The number of benzene rings is 1. The molecule has 0 amide bonds. The number of halogens is 2. The zero-order valence-corrected chi connectivity index (χ0v) is 11.4. The zero-order chi connectivity index (χ0) is 14.1. The first kappa shape index (κ1) is 12.9. The standard InChI is InChI=1S/C14H11ClFN3O/c1-20-9-4-5-10(16)12(7-9)19-13(8-15)18-11-3-2-6-17-14(11)19/h2-7H,8H2,1H3. The number of fused-ring (bicyclic) bond motifs is 1. The van der Waals surface area contributed by atoms with Gasteiger partial charge in [-0.3, -0.25) is 4.57 Å². The second kappa shape index (κ2) is 5.09. The van der Waals surface area contributed by atoms with E-state index in [1.807, 2.05) is 6.07 Å². The van der Waals surface area contributed by atoms with Crippen LogP contribution in [-0.2, 0) is 5.88 Å². The molecular formula is C14H11ClFN3O. The van der Waals surface area contributed by atoms with Gasteiger partial charge in [-0.15, -0.1) is 11.6 Å². The second-order valence-electron chi connectivity index (χ2n) is 4.16. The quantitative estimate of drug-likeness (QED) is 0.695. The van der Waals surface area contributed by atoms with Gasteiger partial charge < -0.3 is 4.74 Å². The third kappa shape index (κ3) is 2.00. The summed E-state index contributed by atoms with van der Waals surface area (Å²) < 4.78 is 20.9. The summed E-state index contributed by atoms with van der Waals surface area (Å²) in [5.74, 6) is 0.863. The van der Waals surface area contributed by atoms with Crippen LogP contribution in [0.25, 0.3) is 16.9 Å². The van der Waals surface area contributed by atoms with Gasteiger partial charge in [0.15, 0.2) is 5.65 Å². The highest BCUT2D eigenvalue weighted by Gasteiger charge is 2.16. The fourth-order valence-corrected chi connectivity index (χ4v) is 2.27. The average Bonchev–Trinajstić information content (AvgIpc) is 2.86. The van der Waals surface area contributed by atoms with Crippen LogP contribution in [0.2, 0.25) is 0 Å². The fourth-order valence-electron chi connectivity index (χ4n) is 2.09. The Balaban J connectivity index is 2.33. The van der Waals surface area contributed by atoms with Crippen LogP contribution < -0.4 is 4.74 Å². The summed E-state index contributed by atoms with van der Waals surface area (Å²) in [4.78, 5) is 8.62. The maximum atomic E-state index is 14.1. The molecule has 0 unspecified atom stereocenters. The summed E-state index contributed by atoms with van der Waals surface area (Å²) >= 11 is 5.91. The van der Waals surface area contributed by atoms with Crippen LogP contribution in [0.4, 0.5) is 4.39 Å². The predicted molar refractivity (Wildman–Crippen MR) is 74.9 cm³/mol. The van der Waals surface area contributed by atoms with Gasteiger partial charge in [0.2, 0.25) is 0 Å². The van der Waals surface area contributed by atoms with E-state index in [1.165, 1.54) is 13.2 Å². The van der Waals surface area contributed by atoms with E-state index in [2.05, 4.69) is 9.97 Å². The summed E-state index contributed by atoms with van der Waals surface area (Å²) in [5.41, 5.74) is 1.56. The third-order valence-corrected chi connectivity index (χ3v) is 3.24. The van der Waals surface area contributed by atoms with Crippen LogP contribution in [0.1, 0.15) is 5.82 Å². The SMILES string of the molecule is COc1ccc(F)c(-n2c(CCl)nc3cccnc32)c1. The molecule has 20 heavy (non-hydrogen) atoms. The highest BCUT2D eigenvalue weighted by molar-refractivity contribution is 6.16. The van der Waals surface area contributed by atoms with Gasteiger partial charge in [-0.05, 0) is 24.3 Å². The van der Waals surface area contributed by atoms with Crippen LogP contribution in [-0.4, -0.2) is 21.6 Å². The van der Waals surface area contributed by atoms with Gasteiger partial charge in [-0.1, -0.05) is 0 Å². The number of hydrogen-bond acceptors (Lipinski definition) is 3. The smallest absolute Gasteiger partial charge is 0.164 e. The van der Waals surface area contributed by atoms with Gasteiger partial charge in [-0.25, -0.2) is 14.4 Å². The molecule has 2 aromatic heterocycles. The maximum absolute atomic E-state index is 14.1. The van der Waals surface area contributed by atoms with E-state index >= 15 is 0 Å². The van der Waals surface area contributed by atoms with E-state index < -0.39 is 0 Å². The Kier molecular flexibility index (Phi) is 3.28. The number of methoxy groups -OCH3 is 1. The Morgan fingerprint density at radius 2 is 2.20 bits per heavy atom. The van der Waals surface area contributed by atoms with Crippen molar-refractivity contribution < 1.29 is 9.13 Å². The Morgan fingerprint density at radius 1 is 1.35 bits per heavy atom. The lowest BCUT2D eigenvalue weighted by Gasteiger charge is -2.10. The number of hydrogen-bond donors (Lipinski definition) is 0. The minimum atomic E-state index is -0.387. The molecule has 0 N–H and O–H groups in total. The van der Waals surface area contributed by atoms with Crippen LogP contribution in [0.3, 0.4) is 0 Å². The molecule has 102 valence electrons. The van der Waals surface area contributed by atoms with E-state index in [4.69, 9.17) is 16.3 Å². The van der Waals surface area contributed by atoms with E-state index in [0.29, 0.717) is 28.4 Å². The molecule has 0 aliphatic rings. The molecule has 4 nitrogen and oxygen atoms in total. The minimum absolute atomic E-state index is 0.160. The molecule has 0 saturated carbocycles. The topological polar surface area (TPSA) is 39.9 Å². The molecule has 0 fully saturated rings. The predicted octanol–water partition coefficient (Wildman–Crippen LogP) is 3.31. The molecule has 1 aromatic carbocycles. The van der Waals surface area contributed by atoms with E-state index in [0.717, 1.165) is 0 Å². The molecule has 0 aliphatic carbocycles. The molecule has 2 heterocycles. The van der Waals surface area contributed by atoms with Crippen molar-refractivity contribution >= 4 is 22.8 Å². The number of rotatable bonds is 3. The third-order valence-electron chi connectivity index (χ3n) is 3.00. The number of alkyl halides is 1. The number of pyridine rings is 1. The van der Waals surface area contributed by atoms with Crippen molar-refractivity contribution in [2.45, 2.75) is 5.88 Å². The van der Waals surface area contributed by atoms with Crippen molar-refractivity contribution in [2.24, 2.45) is 0 Å². The molecule has 0 aliphatic heterocycles. The lowest BCUT2D eigenvalue weighted by Crippen LogP contribution is -2.03. The van der Waals surface area contributed by atoms with Crippen molar-refractivity contribution in [3.8, 4) is 11.4 Å². The van der Waals surface area contributed by atoms with Crippen LogP contribution in [0.15, 0.2) is 36.5 Å². The van der Waals surface area contributed by atoms with Crippen LogP contribution in [0, 0.1) is 5.82 Å². The number of nitrogens with zero attached hydrogens (tertiary/aromatic N) is 3. The molecule has 0 bridgehead atoms. The lowest BCUT2D eigenvalue weighted by atomic mass is 10.2. The summed E-state index contributed by atoms with van der Waals surface area (Å²) in [5, 5.41) is 0. The van der Waals surface area contributed by atoms with Gasteiger partial charge in [0.25, 0.3) is 0 Å². The highest BCUT2D eigenvalue weighted by atomic mass is 35.5. The first-order chi connectivity index (χ1) is 9.74. The molecular weight excluding hydrogens is 281 g/mol. The van der Waals surface area contributed by atoms with E-state index in [-0.39, 0.29) is 11.7 Å². The van der Waals surface area contributed by atoms with Gasteiger partial charge in [0.05, 0.1) is 18.7 Å². The molecule has 0 atom stereocenters. The molecule has 0 radical (unpaired) electrons. The molecule has 3 rings (SSSR count). The first-order valence-electron chi connectivity index (χ1n) is 5.97. The largest absolute Gasteiger partial charge is 0.497 e. The zero-order valence-electron chi connectivity index (χ0n) is 10.7. The van der Waals surface area contributed by atoms with E-state index in [9.17, 15) is 4.39 Å². The number of ether oxygens (including phenoxy) is 1. The van der Waals surface area contributed by atoms with Gasteiger partial charge in [0, 0.05) is 12.3 Å². The lowest BCUT2D eigenvalue weighted by molar-refractivity contribution is 0.413. The fraction of sp³-hybridized carbons (Fsp3) is 0.143. The van der Waals surface area contributed by atoms with Gasteiger partial charge in [-0.2, -0.15) is 0 Å². The number of imidazole rings is 1. The van der Waals surface area contributed by atoms with Crippen LogP contribution in [0.5, 0.6) is 5.75 Å². The Morgan fingerprint density at radius 3 is 2.95 bits per heavy atom. The molecule has 0 saturated heterocycles. The summed E-state index contributed by atoms with van der Waals surface area (Å²) in [6.45, 7) is 0. The maximum Gasteiger partial charge on any atom is 0.164 e.